The molecule has 2 nitrogen and oxygen atoms in total. The maximum atomic E-state index is 12.0. The van der Waals surface area contributed by atoms with Gasteiger partial charge in [0.15, 0.2) is 0 Å². The van der Waals surface area contributed by atoms with E-state index in [-0.39, 0.29) is 11.9 Å². The molecule has 1 aliphatic carbocycles. The van der Waals surface area contributed by atoms with Gasteiger partial charge < -0.3 is 4.74 Å². The highest BCUT2D eigenvalue weighted by atomic mass is 16.5. The van der Waals surface area contributed by atoms with Gasteiger partial charge in [-0.3, -0.25) is 4.79 Å². The number of carbonyl (C=O) groups excluding carboxylic acids is 1. The lowest BCUT2D eigenvalue weighted by Crippen LogP contribution is -2.27. The Kier molecular flexibility index (Phi) is 4.18. The normalized spacial score (nSPS) is 24.3. The predicted octanol–water partition coefficient (Wildman–Crippen LogP) is 3.56. The zero-order chi connectivity index (χ0) is 12.1. The van der Waals surface area contributed by atoms with E-state index in [9.17, 15) is 4.79 Å². The number of rotatable bonds is 3. The fourth-order valence-corrected chi connectivity index (χ4v) is 2.50. The number of hydrogen-bond acceptors (Lipinski definition) is 2. The summed E-state index contributed by atoms with van der Waals surface area (Å²) in [5.41, 5.74) is 1.06. The molecule has 0 bridgehead atoms. The van der Waals surface area contributed by atoms with Crippen molar-refractivity contribution < 1.29 is 9.53 Å². The van der Waals surface area contributed by atoms with Crippen LogP contribution in [-0.4, -0.2) is 5.97 Å². The molecular weight excluding hydrogens is 212 g/mol. The molecule has 2 heteroatoms. The summed E-state index contributed by atoms with van der Waals surface area (Å²) in [5.74, 6) is 0.584. The van der Waals surface area contributed by atoms with Crippen molar-refractivity contribution in [2.75, 3.05) is 0 Å². The lowest BCUT2D eigenvalue weighted by molar-refractivity contribution is -0.152. The second-order valence-corrected chi connectivity index (χ2v) is 4.96. The Hall–Kier alpha value is -1.31. The first-order chi connectivity index (χ1) is 8.27. The summed E-state index contributed by atoms with van der Waals surface area (Å²) in [6.07, 6.45) is 4.57. The van der Waals surface area contributed by atoms with Crippen molar-refractivity contribution in [3.05, 3.63) is 35.9 Å². The Balaban J connectivity index is 1.84. The third kappa shape index (κ3) is 3.32. The monoisotopic (exact) mass is 232 g/mol. The van der Waals surface area contributed by atoms with Crippen LogP contribution in [0.25, 0.3) is 0 Å². The first kappa shape index (κ1) is 12.2. The van der Waals surface area contributed by atoms with Crippen molar-refractivity contribution in [3.8, 4) is 0 Å². The molecule has 0 radical (unpaired) electrons. The van der Waals surface area contributed by atoms with Crippen molar-refractivity contribution >= 4 is 5.97 Å². The molecule has 0 aromatic heterocycles. The summed E-state index contributed by atoms with van der Waals surface area (Å²) in [6.45, 7) is 2.57. The van der Waals surface area contributed by atoms with Crippen LogP contribution in [0.1, 0.15) is 38.2 Å². The molecule has 17 heavy (non-hydrogen) atoms. The Morgan fingerprint density at radius 3 is 2.65 bits per heavy atom. The van der Waals surface area contributed by atoms with E-state index >= 15 is 0 Å². The second-order valence-electron chi connectivity index (χ2n) is 4.96. The molecule has 1 saturated carbocycles. The van der Waals surface area contributed by atoms with E-state index in [1.54, 1.807) is 0 Å². The van der Waals surface area contributed by atoms with Crippen LogP contribution in [0.15, 0.2) is 30.3 Å². The van der Waals surface area contributed by atoms with E-state index < -0.39 is 0 Å². The van der Waals surface area contributed by atoms with Crippen LogP contribution >= 0.6 is 0 Å². The summed E-state index contributed by atoms with van der Waals surface area (Å²) < 4.78 is 5.40. The Morgan fingerprint density at radius 1 is 1.24 bits per heavy atom. The quantitative estimate of drug-likeness (QED) is 0.745. The smallest absolute Gasteiger partial charge is 0.309 e. The van der Waals surface area contributed by atoms with Crippen LogP contribution in [0.5, 0.6) is 0 Å². The van der Waals surface area contributed by atoms with Gasteiger partial charge in [-0.15, -0.1) is 0 Å². The minimum Gasteiger partial charge on any atom is -0.461 e. The standard InChI is InChI=1S/C15H20O2/c1-12-7-5-6-10-14(12)15(16)17-11-13-8-3-2-4-9-13/h2-4,8-9,12,14H,5-7,10-11H2,1H3/t12-,14+/m1/s1. The topological polar surface area (TPSA) is 26.3 Å². The molecule has 1 aliphatic rings. The first-order valence-corrected chi connectivity index (χ1v) is 6.48. The number of benzene rings is 1. The zero-order valence-electron chi connectivity index (χ0n) is 10.4. The molecule has 92 valence electrons. The zero-order valence-corrected chi connectivity index (χ0v) is 10.4. The largest absolute Gasteiger partial charge is 0.461 e. The summed E-state index contributed by atoms with van der Waals surface area (Å²) in [5, 5.41) is 0. The van der Waals surface area contributed by atoms with E-state index in [1.807, 2.05) is 30.3 Å². The molecule has 1 aromatic carbocycles. The highest BCUT2D eigenvalue weighted by Gasteiger charge is 2.28. The molecule has 2 atom stereocenters. The third-order valence-electron chi connectivity index (χ3n) is 3.64. The molecule has 0 N–H and O–H groups in total. The van der Waals surface area contributed by atoms with Gasteiger partial charge in [-0.25, -0.2) is 0 Å². The van der Waals surface area contributed by atoms with Crippen molar-refractivity contribution in [2.45, 2.75) is 39.2 Å². The SMILES string of the molecule is C[C@@H]1CCCC[C@@H]1C(=O)OCc1ccccc1. The van der Waals surface area contributed by atoms with Crippen molar-refractivity contribution in [3.63, 3.8) is 0 Å². The van der Waals surface area contributed by atoms with Crippen molar-refractivity contribution in [2.24, 2.45) is 11.8 Å². The summed E-state index contributed by atoms with van der Waals surface area (Å²) >= 11 is 0. The molecule has 1 aromatic rings. The highest BCUT2D eigenvalue weighted by molar-refractivity contribution is 5.72. The highest BCUT2D eigenvalue weighted by Crippen LogP contribution is 2.30. The molecule has 2 rings (SSSR count). The van der Waals surface area contributed by atoms with Gasteiger partial charge >= 0.3 is 5.97 Å². The molecule has 0 amide bonds. The maximum absolute atomic E-state index is 12.0. The average Bonchev–Trinajstić information content (AvgIpc) is 2.38. The predicted molar refractivity (Wildman–Crippen MR) is 67.4 cm³/mol. The van der Waals surface area contributed by atoms with Gasteiger partial charge in [0, 0.05) is 0 Å². The maximum Gasteiger partial charge on any atom is 0.309 e. The summed E-state index contributed by atoms with van der Waals surface area (Å²) in [4.78, 5) is 12.0. The van der Waals surface area contributed by atoms with Crippen LogP contribution in [0, 0.1) is 11.8 Å². The number of esters is 1. The van der Waals surface area contributed by atoms with Crippen LogP contribution in [-0.2, 0) is 16.1 Å². The Bertz CT molecular complexity index is 358. The average molecular weight is 232 g/mol. The van der Waals surface area contributed by atoms with E-state index in [0.717, 1.165) is 24.8 Å². The second kappa shape index (κ2) is 5.85. The van der Waals surface area contributed by atoms with Crippen LogP contribution in [0.3, 0.4) is 0 Å². The van der Waals surface area contributed by atoms with Crippen LogP contribution < -0.4 is 0 Å². The fraction of sp³-hybridized carbons (Fsp3) is 0.533. The Labute approximate surface area is 103 Å². The lowest BCUT2D eigenvalue weighted by Gasteiger charge is -2.26. The van der Waals surface area contributed by atoms with Crippen LogP contribution in [0.2, 0.25) is 0 Å². The minimum atomic E-state index is -0.0129. The molecule has 0 saturated heterocycles. The molecule has 0 heterocycles. The third-order valence-corrected chi connectivity index (χ3v) is 3.64. The van der Waals surface area contributed by atoms with Gasteiger partial charge in [0.25, 0.3) is 0 Å². The minimum absolute atomic E-state index is 0.0129. The number of hydrogen-bond donors (Lipinski definition) is 0. The van der Waals surface area contributed by atoms with Gasteiger partial charge in [-0.2, -0.15) is 0 Å². The van der Waals surface area contributed by atoms with E-state index in [2.05, 4.69) is 6.92 Å². The van der Waals surface area contributed by atoms with Gasteiger partial charge in [0.2, 0.25) is 0 Å². The van der Waals surface area contributed by atoms with E-state index in [4.69, 9.17) is 4.74 Å². The van der Waals surface area contributed by atoms with E-state index in [0.29, 0.717) is 12.5 Å². The van der Waals surface area contributed by atoms with Crippen molar-refractivity contribution in [1.82, 2.24) is 0 Å². The van der Waals surface area contributed by atoms with Gasteiger partial charge in [-0.05, 0) is 24.3 Å². The van der Waals surface area contributed by atoms with Crippen molar-refractivity contribution in [1.29, 1.82) is 0 Å². The number of ether oxygens (including phenoxy) is 1. The molecule has 0 aliphatic heterocycles. The molecule has 0 spiro atoms. The molecule has 1 fully saturated rings. The molecular formula is C15H20O2. The lowest BCUT2D eigenvalue weighted by atomic mass is 9.80. The Morgan fingerprint density at radius 2 is 1.94 bits per heavy atom. The van der Waals surface area contributed by atoms with Gasteiger partial charge in [0.05, 0.1) is 5.92 Å². The van der Waals surface area contributed by atoms with Gasteiger partial charge in [-0.1, -0.05) is 50.1 Å². The fourth-order valence-electron chi connectivity index (χ4n) is 2.50. The first-order valence-electron chi connectivity index (χ1n) is 6.48. The number of carbonyl (C=O) groups is 1. The summed E-state index contributed by atoms with van der Waals surface area (Å²) in [7, 11) is 0. The van der Waals surface area contributed by atoms with Gasteiger partial charge in [0.1, 0.15) is 6.61 Å². The summed E-state index contributed by atoms with van der Waals surface area (Å²) in [6, 6.07) is 9.86. The van der Waals surface area contributed by atoms with E-state index in [1.165, 1.54) is 6.42 Å². The van der Waals surface area contributed by atoms with Crippen LogP contribution in [0.4, 0.5) is 0 Å². The molecule has 0 unspecified atom stereocenters.